The smallest absolute Gasteiger partial charge is 0.406 e. The van der Waals surface area contributed by atoms with Crippen molar-refractivity contribution in [1.82, 2.24) is 0 Å². The molecule has 2 aliphatic carbocycles. The number of benzene rings is 2. The van der Waals surface area contributed by atoms with Crippen molar-refractivity contribution in [1.29, 1.82) is 0 Å². The maximum atomic E-state index is 15.0. The largest absolute Gasteiger partial charge is 0.573 e. The molecule has 0 radical (unpaired) electrons. The summed E-state index contributed by atoms with van der Waals surface area (Å²) in [5, 5.41) is 0. The quantitative estimate of drug-likeness (QED) is 0.461. The van der Waals surface area contributed by atoms with Crippen molar-refractivity contribution >= 4 is 0 Å². The van der Waals surface area contributed by atoms with Crippen molar-refractivity contribution in [2.45, 2.75) is 76.5 Å². The van der Waals surface area contributed by atoms with Crippen LogP contribution in [-0.4, -0.2) is 6.36 Å². The highest BCUT2D eigenvalue weighted by atomic mass is 19.4. The highest BCUT2D eigenvalue weighted by Gasteiger charge is 2.32. The first-order valence-electron chi connectivity index (χ1n) is 11.0. The Labute approximate surface area is 175 Å². The van der Waals surface area contributed by atoms with Gasteiger partial charge >= 0.3 is 6.36 Å². The number of alkyl halides is 3. The molecule has 1 atom stereocenters. The predicted octanol–water partition coefficient (Wildman–Crippen LogP) is 7.68. The van der Waals surface area contributed by atoms with E-state index < -0.39 is 6.36 Å². The van der Waals surface area contributed by atoms with Gasteiger partial charge in [0.15, 0.2) is 0 Å². The zero-order valence-corrected chi connectivity index (χ0v) is 17.3. The van der Waals surface area contributed by atoms with Crippen molar-refractivity contribution < 1.29 is 22.3 Å². The Kier molecular flexibility index (Phi) is 6.08. The summed E-state index contributed by atoms with van der Waals surface area (Å²) in [6, 6.07) is 10.2. The summed E-state index contributed by atoms with van der Waals surface area (Å²) in [6.45, 7) is 2.24. The van der Waals surface area contributed by atoms with Crippen LogP contribution >= 0.6 is 0 Å². The van der Waals surface area contributed by atoms with Crippen molar-refractivity contribution in [2.24, 2.45) is 5.92 Å². The van der Waals surface area contributed by atoms with E-state index in [4.69, 9.17) is 0 Å². The molecule has 0 N–H and O–H groups in total. The van der Waals surface area contributed by atoms with Gasteiger partial charge in [-0.3, -0.25) is 0 Å². The molecule has 0 heterocycles. The number of halogens is 4. The number of rotatable bonds is 4. The number of aryl methyl sites for hydroxylation is 1. The second-order valence-corrected chi connectivity index (χ2v) is 8.82. The molecule has 30 heavy (non-hydrogen) atoms. The average molecular weight is 420 g/mol. The molecule has 0 aromatic heterocycles. The molecule has 2 aliphatic rings. The van der Waals surface area contributed by atoms with E-state index in [0.29, 0.717) is 18.8 Å². The molecule has 1 nitrogen and oxygen atoms in total. The highest BCUT2D eigenvalue weighted by Crippen LogP contribution is 2.40. The van der Waals surface area contributed by atoms with Gasteiger partial charge in [0.25, 0.3) is 0 Å². The third kappa shape index (κ3) is 4.81. The van der Waals surface area contributed by atoms with Gasteiger partial charge in [-0.05, 0) is 103 Å². The SMILES string of the molecule is CCC1CCC(c2ccc(C3CCc4cc(OC(F)(F)F)ccc4C3)c(F)c2)CC1. The van der Waals surface area contributed by atoms with Crippen LogP contribution in [0.4, 0.5) is 17.6 Å². The van der Waals surface area contributed by atoms with Crippen LogP contribution in [0.2, 0.25) is 0 Å². The third-order valence-corrected chi connectivity index (χ3v) is 7.00. The first-order chi connectivity index (χ1) is 14.3. The number of hydrogen-bond acceptors (Lipinski definition) is 1. The Morgan fingerprint density at radius 2 is 1.67 bits per heavy atom. The van der Waals surface area contributed by atoms with Gasteiger partial charge in [-0.25, -0.2) is 4.39 Å². The van der Waals surface area contributed by atoms with Gasteiger partial charge in [0.05, 0.1) is 0 Å². The molecular weight excluding hydrogens is 392 g/mol. The van der Waals surface area contributed by atoms with Gasteiger partial charge in [-0.1, -0.05) is 31.5 Å². The molecule has 1 saturated carbocycles. The summed E-state index contributed by atoms with van der Waals surface area (Å²) in [7, 11) is 0. The van der Waals surface area contributed by atoms with Crippen LogP contribution in [0.5, 0.6) is 5.75 Å². The monoisotopic (exact) mass is 420 g/mol. The number of fused-ring (bicyclic) bond motifs is 1. The Morgan fingerprint density at radius 1 is 0.900 bits per heavy atom. The topological polar surface area (TPSA) is 9.23 Å². The van der Waals surface area contributed by atoms with Crippen molar-refractivity contribution in [3.05, 3.63) is 64.5 Å². The second-order valence-electron chi connectivity index (χ2n) is 8.82. The summed E-state index contributed by atoms with van der Waals surface area (Å²) in [5.74, 6) is 0.991. The molecule has 1 unspecified atom stereocenters. The van der Waals surface area contributed by atoms with E-state index in [1.165, 1.54) is 31.4 Å². The second kappa shape index (κ2) is 8.60. The molecule has 0 saturated heterocycles. The van der Waals surface area contributed by atoms with E-state index in [9.17, 15) is 13.2 Å². The maximum Gasteiger partial charge on any atom is 0.573 e. The minimum Gasteiger partial charge on any atom is -0.406 e. The van der Waals surface area contributed by atoms with Crippen molar-refractivity contribution in [2.75, 3.05) is 0 Å². The van der Waals surface area contributed by atoms with Crippen LogP contribution < -0.4 is 4.74 Å². The number of ether oxygens (including phenoxy) is 1. The molecule has 0 amide bonds. The van der Waals surface area contributed by atoms with Gasteiger partial charge in [0, 0.05) is 0 Å². The van der Waals surface area contributed by atoms with E-state index in [-0.39, 0.29) is 17.5 Å². The molecule has 1 fully saturated rings. The third-order valence-electron chi connectivity index (χ3n) is 7.00. The van der Waals surface area contributed by atoms with Gasteiger partial charge in [-0.2, -0.15) is 0 Å². The lowest BCUT2D eigenvalue weighted by Gasteiger charge is -2.29. The van der Waals surface area contributed by atoms with E-state index in [2.05, 4.69) is 17.7 Å². The van der Waals surface area contributed by atoms with E-state index in [1.807, 2.05) is 6.07 Å². The first kappa shape index (κ1) is 21.2. The molecule has 0 spiro atoms. The standard InChI is InChI=1S/C25H28F4O/c1-2-16-3-5-17(6-4-16)20-10-12-23(24(26)15-20)21-8-7-19-14-22(30-25(27,28)29)11-9-18(19)13-21/h9-12,14-17,21H,2-8,13H2,1H3. The number of hydrogen-bond donors (Lipinski definition) is 0. The lowest BCUT2D eigenvalue weighted by Crippen LogP contribution is -2.18. The fourth-order valence-electron chi connectivity index (χ4n) is 5.23. The summed E-state index contributed by atoms with van der Waals surface area (Å²) in [6.07, 6.45) is 3.25. The Hall–Kier alpha value is -2.04. The Morgan fingerprint density at radius 3 is 2.33 bits per heavy atom. The Balaban J connectivity index is 1.45. The van der Waals surface area contributed by atoms with E-state index in [1.54, 1.807) is 12.1 Å². The normalized spacial score (nSPS) is 24.4. The fourth-order valence-corrected chi connectivity index (χ4v) is 5.23. The predicted molar refractivity (Wildman–Crippen MR) is 109 cm³/mol. The maximum absolute atomic E-state index is 15.0. The van der Waals surface area contributed by atoms with Gasteiger partial charge in [0.1, 0.15) is 11.6 Å². The lowest BCUT2D eigenvalue weighted by molar-refractivity contribution is -0.274. The van der Waals surface area contributed by atoms with Crippen molar-refractivity contribution in [3.8, 4) is 5.75 Å². The summed E-state index contributed by atoms with van der Waals surface area (Å²) >= 11 is 0. The van der Waals surface area contributed by atoms with Crippen LogP contribution in [0, 0.1) is 11.7 Å². The molecule has 4 rings (SSSR count). The zero-order valence-electron chi connectivity index (χ0n) is 17.3. The lowest BCUT2D eigenvalue weighted by atomic mass is 9.76. The molecule has 0 bridgehead atoms. The minimum atomic E-state index is -4.69. The van der Waals surface area contributed by atoms with E-state index >= 15 is 4.39 Å². The molecule has 162 valence electrons. The van der Waals surface area contributed by atoms with Crippen molar-refractivity contribution in [3.63, 3.8) is 0 Å². The average Bonchev–Trinajstić information content (AvgIpc) is 2.72. The molecule has 2 aromatic rings. The molecule has 2 aromatic carbocycles. The first-order valence-corrected chi connectivity index (χ1v) is 11.0. The summed E-state index contributed by atoms with van der Waals surface area (Å²) < 4.78 is 56.4. The zero-order chi connectivity index (χ0) is 21.3. The van der Waals surface area contributed by atoms with Crippen LogP contribution in [0.15, 0.2) is 36.4 Å². The minimum absolute atomic E-state index is 0.0526. The van der Waals surface area contributed by atoms with Gasteiger partial charge in [0.2, 0.25) is 0 Å². The molecule has 5 heteroatoms. The van der Waals surface area contributed by atoms with Crippen LogP contribution in [-0.2, 0) is 12.8 Å². The van der Waals surface area contributed by atoms with Crippen LogP contribution in [0.1, 0.15) is 79.5 Å². The summed E-state index contributed by atoms with van der Waals surface area (Å²) in [4.78, 5) is 0. The van der Waals surface area contributed by atoms with Crippen LogP contribution in [0.3, 0.4) is 0 Å². The van der Waals surface area contributed by atoms with Gasteiger partial charge < -0.3 is 4.74 Å². The summed E-state index contributed by atoms with van der Waals surface area (Å²) in [5.41, 5.74) is 3.66. The molecular formula is C25H28F4O. The van der Waals surface area contributed by atoms with Gasteiger partial charge in [-0.15, -0.1) is 13.2 Å². The van der Waals surface area contributed by atoms with E-state index in [0.717, 1.165) is 47.4 Å². The molecule has 0 aliphatic heterocycles. The van der Waals surface area contributed by atoms with Crippen LogP contribution in [0.25, 0.3) is 0 Å². The fraction of sp³-hybridized carbons (Fsp3) is 0.520. The Bertz CT molecular complexity index is 881. The highest BCUT2D eigenvalue weighted by molar-refractivity contribution is 5.40.